The number of nitrogens with zero attached hydrogens (tertiary/aromatic N) is 1. The van der Waals surface area contributed by atoms with Crippen LogP contribution in [-0.2, 0) is 22.6 Å². The molecule has 0 aromatic heterocycles. The van der Waals surface area contributed by atoms with Gasteiger partial charge >= 0.3 is 5.97 Å². The summed E-state index contributed by atoms with van der Waals surface area (Å²) in [6, 6.07) is 7.06. The Bertz CT molecular complexity index is 1380. The summed E-state index contributed by atoms with van der Waals surface area (Å²) in [5.41, 5.74) is -8.18. The van der Waals surface area contributed by atoms with E-state index in [1.165, 1.54) is 16.9 Å². The summed E-state index contributed by atoms with van der Waals surface area (Å²) in [5, 5.41) is 19.2. The van der Waals surface area contributed by atoms with Crippen LogP contribution in [0.2, 0.25) is 0 Å². The molecule has 0 bridgehead atoms. The Morgan fingerprint density at radius 1 is 1.00 bits per heavy atom. The minimum absolute atomic E-state index is 0.190. The fourth-order valence-corrected chi connectivity index (χ4v) is 4.40. The second kappa shape index (κ2) is 10.6. The van der Waals surface area contributed by atoms with Crippen LogP contribution in [0.3, 0.4) is 0 Å². The molecule has 1 amide bonds. The molecular formula is C23H18F6N2O6S. The van der Waals surface area contributed by atoms with Gasteiger partial charge in [-0.25, -0.2) is 35.3 Å². The number of carbonyl (C=O) groups is 2. The van der Waals surface area contributed by atoms with Crippen LogP contribution >= 0.6 is 0 Å². The summed E-state index contributed by atoms with van der Waals surface area (Å²) in [6.45, 7) is -0.134. The molecule has 4 N–H and O–H groups in total. The van der Waals surface area contributed by atoms with Crippen LogP contribution in [0.15, 0.2) is 65.8 Å². The smallest absolute Gasteiger partial charge is 0.339 e. The number of carboxylic acids is 1. The molecule has 0 heterocycles. The number of anilines is 1. The molecule has 0 saturated heterocycles. The summed E-state index contributed by atoms with van der Waals surface area (Å²) in [6.07, 6.45) is -1.78. The molecule has 0 saturated carbocycles. The average Bonchev–Trinajstić information content (AvgIpc) is 2.84. The molecule has 0 spiro atoms. The van der Waals surface area contributed by atoms with Gasteiger partial charge in [0.05, 0.1) is 13.0 Å². The van der Waals surface area contributed by atoms with Gasteiger partial charge in [-0.1, -0.05) is 12.1 Å². The predicted molar refractivity (Wildman–Crippen MR) is 122 cm³/mol. The van der Waals surface area contributed by atoms with Crippen molar-refractivity contribution in [2.75, 3.05) is 4.90 Å². The largest absolute Gasteiger partial charge is 0.507 e. The molecule has 1 aliphatic carbocycles. The number of hydrogen-bond acceptors (Lipinski definition) is 4. The molecular weight excluding hydrogens is 546 g/mol. The Balaban J connectivity index is 2.12. The van der Waals surface area contributed by atoms with E-state index in [2.05, 4.69) is 0 Å². The number of rotatable bonds is 8. The second-order valence-corrected chi connectivity index (χ2v) is 9.03. The lowest BCUT2D eigenvalue weighted by Gasteiger charge is -2.42. The summed E-state index contributed by atoms with van der Waals surface area (Å²) < 4.78 is 109. The number of carbonyl (C=O) groups excluding carboxylic acids is 1. The fourth-order valence-electron chi connectivity index (χ4n) is 3.80. The number of nitrogens with one attached hydrogen (secondary N) is 1. The van der Waals surface area contributed by atoms with Gasteiger partial charge in [-0.3, -0.25) is 9.35 Å². The van der Waals surface area contributed by atoms with Crippen molar-refractivity contribution >= 4 is 28.8 Å². The summed E-state index contributed by atoms with van der Waals surface area (Å²) in [5.74, 6) is -14.5. The summed E-state index contributed by atoms with van der Waals surface area (Å²) in [7, 11) is 0. The van der Waals surface area contributed by atoms with Crippen molar-refractivity contribution in [3.8, 4) is 5.75 Å². The lowest BCUT2D eigenvalue weighted by molar-refractivity contribution is -0.122. The van der Waals surface area contributed by atoms with Crippen LogP contribution in [0.1, 0.15) is 29.3 Å². The topological polar surface area (TPSA) is 127 Å². The fraction of sp³-hybridized carbons (Fsp3) is 0.217. The van der Waals surface area contributed by atoms with Crippen molar-refractivity contribution in [2.45, 2.75) is 31.1 Å². The molecule has 0 aliphatic heterocycles. The first-order valence-electron chi connectivity index (χ1n) is 10.4. The molecule has 15 heteroatoms. The number of aromatic carboxylic acids is 1. The zero-order valence-electron chi connectivity index (χ0n) is 19.1. The Kier molecular flexibility index (Phi) is 8.04. The summed E-state index contributed by atoms with van der Waals surface area (Å²) >= 11 is -3.31. The zero-order chi connectivity index (χ0) is 28.6. The molecule has 1 aliphatic rings. The highest BCUT2D eigenvalue weighted by Gasteiger charge is 2.63. The van der Waals surface area contributed by atoms with Gasteiger partial charge in [0, 0.05) is 11.8 Å². The van der Waals surface area contributed by atoms with E-state index >= 15 is 4.39 Å². The van der Waals surface area contributed by atoms with Gasteiger partial charge in [0.25, 0.3) is 0 Å². The van der Waals surface area contributed by atoms with Crippen LogP contribution in [0.5, 0.6) is 5.75 Å². The third-order valence-electron chi connectivity index (χ3n) is 5.92. The van der Waals surface area contributed by atoms with E-state index in [4.69, 9.17) is 9.66 Å². The monoisotopic (exact) mass is 564 g/mol. The second-order valence-electron chi connectivity index (χ2n) is 8.32. The number of alkyl halides is 1. The SMILES string of the molecule is CC1(NS(=O)O)C(F)=C(F)C(F)=C(F)C1(F)CC(=O)N(Cc1ccc(F)cc1)c1ccc(C(=O)O)c(O)c1. The normalized spacial score (nSPS) is 22.4. The van der Waals surface area contributed by atoms with Crippen LogP contribution < -0.4 is 9.62 Å². The molecule has 3 atom stereocenters. The van der Waals surface area contributed by atoms with E-state index in [0.29, 0.717) is 11.8 Å². The lowest BCUT2D eigenvalue weighted by Crippen LogP contribution is -2.63. The van der Waals surface area contributed by atoms with Crippen molar-refractivity contribution in [3.05, 3.63) is 82.7 Å². The minimum atomic E-state index is -4.10. The first-order chi connectivity index (χ1) is 17.6. The molecule has 0 fully saturated rings. The molecule has 3 rings (SSSR count). The van der Waals surface area contributed by atoms with Gasteiger partial charge in [0.1, 0.15) is 22.7 Å². The van der Waals surface area contributed by atoms with Crippen LogP contribution in [0.4, 0.5) is 32.0 Å². The Morgan fingerprint density at radius 3 is 2.11 bits per heavy atom. The van der Waals surface area contributed by atoms with E-state index in [0.717, 1.165) is 30.3 Å². The highest BCUT2D eigenvalue weighted by atomic mass is 32.2. The van der Waals surface area contributed by atoms with E-state index < -0.39 is 87.8 Å². The maximum atomic E-state index is 16.2. The maximum absolute atomic E-state index is 16.2. The van der Waals surface area contributed by atoms with Gasteiger partial charge in [-0.05, 0) is 36.8 Å². The third-order valence-corrected chi connectivity index (χ3v) is 6.51. The van der Waals surface area contributed by atoms with Gasteiger partial charge in [-0.15, -0.1) is 0 Å². The molecule has 2 aromatic carbocycles. The van der Waals surface area contributed by atoms with Gasteiger partial charge in [-0.2, -0.15) is 4.72 Å². The number of phenols is 1. The van der Waals surface area contributed by atoms with Gasteiger partial charge in [0.2, 0.25) is 17.2 Å². The Hall–Kier alpha value is -3.69. The standard InChI is InChI=1S/C23H18F6N2O6S/c1-22(30-38(36)37)19(27)17(25)18(26)20(28)23(22,29)9-16(33)31(10-11-2-4-12(24)5-3-11)13-6-7-14(21(34)35)15(32)8-13/h2-8,30,32H,9-10H2,1H3,(H,34,35)(H,36,37). The third kappa shape index (κ3) is 5.16. The average molecular weight is 564 g/mol. The van der Waals surface area contributed by atoms with Crippen molar-refractivity contribution in [1.29, 1.82) is 0 Å². The molecule has 38 heavy (non-hydrogen) atoms. The number of hydrogen-bond donors (Lipinski definition) is 4. The summed E-state index contributed by atoms with van der Waals surface area (Å²) in [4.78, 5) is 25.2. The minimum Gasteiger partial charge on any atom is -0.507 e. The van der Waals surface area contributed by atoms with Gasteiger partial charge < -0.3 is 15.1 Å². The zero-order valence-corrected chi connectivity index (χ0v) is 20.0. The van der Waals surface area contributed by atoms with Crippen molar-refractivity contribution in [3.63, 3.8) is 0 Å². The first kappa shape index (κ1) is 28.9. The van der Waals surface area contributed by atoms with Crippen molar-refractivity contribution in [1.82, 2.24) is 4.72 Å². The van der Waals surface area contributed by atoms with E-state index in [1.807, 2.05) is 0 Å². The number of halogens is 6. The van der Waals surface area contributed by atoms with Crippen LogP contribution in [-0.4, -0.2) is 42.1 Å². The maximum Gasteiger partial charge on any atom is 0.339 e. The molecule has 204 valence electrons. The predicted octanol–water partition coefficient (Wildman–Crippen LogP) is 4.66. The Morgan fingerprint density at radius 2 is 1.58 bits per heavy atom. The number of allylic oxidation sites excluding steroid dienone is 2. The number of aromatic hydroxyl groups is 1. The van der Waals surface area contributed by atoms with Crippen molar-refractivity contribution in [2.24, 2.45) is 0 Å². The number of amides is 1. The van der Waals surface area contributed by atoms with Crippen LogP contribution in [0.25, 0.3) is 0 Å². The first-order valence-corrected chi connectivity index (χ1v) is 11.5. The molecule has 0 radical (unpaired) electrons. The van der Waals surface area contributed by atoms with E-state index in [-0.39, 0.29) is 11.3 Å². The van der Waals surface area contributed by atoms with Crippen molar-refractivity contribution < 1.29 is 54.9 Å². The highest BCUT2D eigenvalue weighted by Crippen LogP contribution is 2.51. The molecule has 2 aromatic rings. The number of benzene rings is 2. The highest BCUT2D eigenvalue weighted by molar-refractivity contribution is 7.77. The quantitative estimate of drug-likeness (QED) is 0.273. The van der Waals surface area contributed by atoms with Crippen LogP contribution in [0, 0.1) is 5.82 Å². The van der Waals surface area contributed by atoms with E-state index in [9.17, 15) is 40.9 Å². The van der Waals surface area contributed by atoms with Gasteiger partial charge in [0.15, 0.2) is 29.0 Å². The lowest BCUT2D eigenvalue weighted by atomic mass is 9.75. The molecule has 3 unspecified atom stereocenters. The molecule has 8 nitrogen and oxygen atoms in total. The number of carboxylic acid groups (broad SMARTS) is 1. The Labute approximate surface area is 213 Å². The van der Waals surface area contributed by atoms with E-state index in [1.54, 1.807) is 0 Å².